The molecule has 0 amide bonds. The van der Waals surface area contributed by atoms with E-state index in [9.17, 15) is 4.79 Å². The van der Waals surface area contributed by atoms with Gasteiger partial charge in [-0.1, -0.05) is 13.0 Å². The fraction of sp³-hybridized carbons (Fsp3) is 0.500. The van der Waals surface area contributed by atoms with Gasteiger partial charge >= 0.3 is 5.97 Å². The average molecular weight is 252 g/mol. The van der Waals surface area contributed by atoms with Crippen molar-refractivity contribution in [2.45, 2.75) is 26.2 Å². The molecule has 0 saturated heterocycles. The van der Waals surface area contributed by atoms with Crippen molar-refractivity contribution in [1.82, 2.24) is 0 Å². The van der Waals surface area contributed by atoms with Gasteiger partial charge in [0.1, 0.15) is 0 Å². The van der Waals surface area contributed by atoms with E-state index < -0.39 is 0 Å². The highest BCUT2D eigenvalue weighted by Gasteiger charge is 2.14. The first kappa shape index (κ1) is 14.4. The van der Waals surface area contributed by atoms with Gasteiger partial charge in [-0.25, -0.2) is 0 Å². The molecule has 1 aromatic rings. The van der Waals surface area contributed by atoms with Crippen molar-refractivity contribution < 1.29 is 19.0 Å². The van der Waals surface area contributed by atoms with E-state index in [1.807, 2.05) is 25.1 Å². The van der Waals surface area contributed by atoms with Crippen LogP contribution < -0.4 is 9.47 Å². The second kappa shape index (κ2) is 6.89. The summed E-state index contributed by atoms with van der Waals surface area (Å²) in [5, 5.41) is 0. The monoisotopic (exact) mass is 252 g/mol. The second-order valence-corrected chi connectivity index (χ2v) is 4.02. The Morgan fingerprint density at radius 2 is 1.89 bits per heavy atom. The molecule has 0 radical (unpaired) electrons. The predicted octanol–water partition coefficient (Wildman–Crippen LogP) is 2.76. The van der Waals surface area contributed by atoms with Crippen molar-refractivity contribution >= 4 is 5.97 Å². The molecule has 1 aromatic carbocycles. The maximum absolute atomic E-state index is 11.4. The van der Waals surface area contributed by atoms with Crippen LogP contribution in [0.2, 0.25) is 0 Å². The van der Waals surface area contributed by atoms with Crippen LogP contribution in [0.5, 0.6) is 11.5 Å². The molecule has 0 saturated carbocycles. The van der Waals surface area contributed by atoms with E-state index in [0.29, 0.717) is 24.5 Å². The molecule has 100 valence electrons. The van der Waals surface area contributed by atoms with Crippen LogP contribution in [0, 0.1) is 0 Å². The highest BCUT2D eigenvalue weighted by atomic mass is 16.5. The van der Waals surface area contributed by atoms with E-state index in [2.05, 4.69) is 0 Å². The number of benzene rings is 1. The zero-order valence-electron chi connectivity index (χ0n) is 11.4. The van der Waals surface area contributed by atoms with Crippen LogP contribution in [0.3, 0.4) is 0 Å². The third kappa shape index (κ3) is 3.65. The number of carbonyl (C=O) groups excluding carboxylic acids is 1. The summed E-state index contributed by atoms with van der Waals surface area (Å²) in [4.78, 5) is 11.4. The molecular formula is C14H20O4. The molecule has 4 nitrogen and oxygen atoms in total. The molecule has 0 aliphatic carbocycles. The van der Waals surface area contributed by atoms with Crippen LogP contribution in [0.4, 0.5) is 0 Å². The Morgan fingerprint density at radius 1 is 1.22 bits per heavy atom. The molecule has 0 aliphatic rings. The molecular weight excluding hydrogens is 232 g/mol. The lowest BCUT2D eigenvalue weighted by Crippen LogP contribution is -2.08. The van der Waals surface area contributed by atoms with E-state index in [1.165, 1.54) is 0 Å². The first-order valence-electron chi connectivity index (χ1n) is 5.99. The second-order valence-electron chi connectivity index (χ2n) is 4.02. The highest BCUT2D eigenvalue weighted by Crippen LogP contribution is 2.31. The van der Waals surface area contributed by atoms with Crippen LogP contribution in [-0.2, 0) is 9.53 Å². The topological polar surface area (TPSA) is 44.8 Å². The molecule has 18 heavy (non-hydrogen) atoms. The number of ether oxygens (including phenoxy) is 3. The largest absolute Gasteiger partial charge is 0.493 e. The molecule has 0 fully saturated rings. The number of rotatable bonds is 6. The fourth-order valence-corrected chi connectivity index (χ4v) is 1.75. The minimum Gasteiger partial charge on any atom is -0.493 e. The summed E-state index contributed by atoms with van der Waals surface area (Å²) in [5.41, 5.74) is 1.03. The molecule has 0 spiro atoms. The normalized spacial score (nSPS) is 11.8. The van der Waals surface area contributed by atoms with E-state index in [1.54, 1.807) is 21.1 Å². The van der Waals surface area contributed by atoms with Gasteiger partial charge < -0.3 is 14.2 Å². The number of methoxy groups -OCH3 is 2. The maximum Gasteiger partial charge on any atom is 0.306 e. The minimum absolute atomic E-state index is 0.0869. The van der Waals surface area contributed by atoms with Crippen LogP contribution in [-0.4, -0.2) is 26.8 Å². The lowest BCUT2D eigenvalue weighted by Gasteiger charge is -2.14. The van der Waals surface area contributed by atoms with Gasteiger partial charge in [0, 0.05) is 0 Å². The molecule has 0 heterocycles. The Morgan fingerprint density at radius 3 is 2.44 bits per heavy atom. The van der Waals surface area contributed by atoms with Crippen molar-refractivity contribution in [2.24, 2.45) is 0 Å². The first-order chi connectivity index (χ1) is 8.62. The maximum atomic E-state index is 11.4. The summed E-state index contributed by atoms with van der Waals surface area (Å²) in [6.45, 7) is 4.20. The van der Waals surface area contributed by atoms with Gasteiger partial charge in [0.25, 0.3) is 0 Å². The molecule has 0 aromatic heterocycles. The smallest absolute Gasteiger partial charge is 0.306 e. The standard InChI is InChI=1S/C14H20O4/c1-5-18-14(15)8-10(2)11-6-7-12(16-3)13(9-11)17-4/h6-7,9-10H,5,8H2,1-4H3/t10-/m1/s1. The summed E-state index contributed by atoms with van der Waals surface area (Å²) in [5.74, 6) is 1.26. The number of carbonyl (C=O) groups is 1. The molecule has 1 atom stereocenters. The van der Waals surface area contributed by atoms with Gasteiger partial charge in [0.2, 0.25) is 0 Å². The SMILES string of the molecule is CCOC(=O)C[C@@H](C)c1ccc(OC)c(OC)c1. The summed E-state index contributed by atoms with van der Waals surface area (Å²) in [6, 6.07) is 5.67. The Balaban J connectivity index is 2.79. The summed E-state index contributed by atoms with van der Waals surface area (Å²) < 4.78 is 15.4. The van der Waals surface area contributed by atoms with Crippen LogP contribution in [0.15, 0.2) is 18.2 Å². The van der Waals surface area contributed by atoms with E-state index in [4.69, 9.17) is 14.2 Å². The molecule has 1 rings (SSSR count). The van der Waals surface area contributed by atoms with Gasteiger partial charge in [-0.3, -0.25) is 4.79 Å². The average Bonchev–Trinajstić information content (AvgIpc) is 2.38. The molecule has 0 unspecified atom stereocenters. The molecule has 4 heteroatoms. The van der Waals surface area contributed by atoms with Crippen molar-refractivity contribution in [1.29, 1.82) is 0 Å². The Kier molecular flexibility index (Phi) is 5.49. The third-order valence-electron chi connectivity index (χ3n) is 2.75. The van der Waals surface area contributed by atoms with Crippen molar-refractivity contribution in [3.63, 3.8) is 0 Å². The highest BCUT2D eigenvalue weighted by molar-refractivity contribution is 5.70. The zero-order valence-corrected chi connectivity index (χ0v) is 11.4. The number of hydrogen-bond donors (Lipinski definition) is 0. The minimum atomic E-state index is -0.181. The van der Waals surface area contributed by atoms with E-state index in [-0.39, 0.29) is 11.9 Å². The Labute approximate surface area is 108 Å². The van der Waals surface area contributed by atoms with Crippen molar-refractivity contribution in [3.8, 4) is 11.5 Å². The zero-order chi connectivity index (χ0) is 13.5. The quantitative estimate of drug-likeness (QED) is 0.730. The van der Waals surface area contributed by atoms with E-state index >= 15 is 0 Å². The molecule has 0 N–H and O–H groups in total. The van der Waals surface area contributed by atoms with Gasteiger partial charge in [-0.05, 0) is 30.5 Å². The Hall–Kier alpha value is -1.71. The Bertz CT molecular complexity index is 401. The van der Waals surface area contributed by atoms with Crippen molar-refractivity contribution in [3.05, 3.63) is 23.8 Å². The lowest BCUT2D eigenvalue weighted by molar-refractivity contribution is -0.143. The van der Waals surface area contributed by atoms with Gasteiger partial charge in [-0.15, -0.1) is 0 Å². The van der Waals surface area contributed by atoms with E-state index in [0.717, 1.165) is 5.56 Å². The predicted molar refractivity (Wildman–Crippen MR) is 69.2 cm³/mol. The van der Waals surface area contributed by atoms with Gasteiger partial charge in [-0.2, -0.15) is 0 Å². The van der Waals surface area contributed by atoms with Gasteiger partial charge in [0.15, 0.2) is 11.5 Å². The fourth-order valence-electron chi connectivity index (χ4n) is 1.75. The lowest BCUT2D eigenvalue weighted by atomic mass is 9.97. The first-order valence-corrected chi connectivity index (χ1v) is 5.99. The molecule has 0 aliphatic heterocycles. The number of esters is 1. The summed E-state index contributed by atoms with van der Waals surface area (Å²) >= 11 is 0. The number of hydrogen-bond acceptors (Lipinski definition) is 4. The van der Waals surface area contributed by atoms with Crippen LogP contribution in [0.25, 0.3) is 0 Å². The van der Waals surface area contributed by atoms with Crippen molar-refractivity contribution in [2.75, 3.05) is 20.8 Å². The summed E-state index contributed by atoms with van der Waals surface area (Å²) in [7, 11) is 3.19. The summed E-state index contributed by atoms with van der Waals surface area (Å²) in [6.07, 6.45) is 0.364. The van der Waals surface area contributed by atoms with Gasteiger partial charge in [0.05, 0.1) is 27.2 Å². The van der Waals surface area contributed by atoms with Crippen LogP contribution >= 0.6 is 0 Å². The molecule has 0 bridgehead atoms. The van der Waals surface area contributed by atoms with Crippen LogP contribution in [0.1, 0.15) is 31.7 Å². The third-order valence-corrected chi connectivity index (χ3v) is 2.75.